The Hall–Kier alpha value is -2.34. The van der Waals surface area contributed by atoms with Gasteiger partial charge >= 0.3 is 0 Å². The van der Waals surface area contributed by atoms with Crippen molar-refractivity contribution in [1.29, 1.82) is 0 Å². The molecule has 0 amide bonds. The number of para-hydroxylation sites is 1. The Morgan fingerprint density at radius 3 is 2.48 bits per heavy atom. The van der Waals surface area contributed by atoms with E-state index in [0.717, 1.165) is 37.0 Å². The first-order valence-corrected chi connectivity index (χ1v) is 10.2. The second kappa shape index (κ2) is 8.99. The van der Waals surface area contributed by atoms with E-state index in [1.807, 2.05) is 47.4 Å². The van der Waals surface area contributed by atoms with Gasteiger partial charge in [-0.2, -0.15) is 0 Å². The largest absolute Gasteiger partial charge is 0.489 e. The molecule has 3 aromatic rings. The van der Waals surface area contributed by atoms with Crippen molar-refractivity contribution in [2.75, 3.05) is 44.2 Å². The molecule has 0 aliphatic carbocycles. The summed E-state index contributed by atoms with van der Waals surface area (Å²) in [5.74, 6) is 0.385. The summed E-state index contributed by atoms with van der Waals surface area (Å²) in [6, 6.07) is 18.5. The Morgan fingerprint density at radius 1 is 0.966 bits per heavy atom. The van der Waals surface area contributed by atoms with Crippen LogP contribution in [0.5, 0.6) is 5.75 Å². The van der Waals surface area contributed by atoms with Crippen molar-refractivity contribution in [2.24, 2.45) is 0 Å². The summed E-state index contributed by atoms with van der Waals surface area (Å²) in [6.45, 7) is 3.67. The molecule has 1 N–H and O–H groups in total. The van der Waals surface area contributed by atoms with Crippen LogP contribution in [-0.4, -0.2) is 55.4 Å². The molecule has 4 nitrogen and oxygen atoms in total. The molecule has 4 rings (SSSR count). The molecular weight excluding hydrogens is 391 g/mol. The molecule has 0 bridgehead atoms. The maximum absolute atomic E-state index is 14.0. The number of halogens is 2. The third-order valence-corrected chi connectivity index (χ3v) is 5.68. The summed E-state index contributed by atoms with van der Waals surface area (Å²) < 4.78 is 19.7. The highest BCUT2D eigenvalue weighted by Crippen LogP contribution is 2.32. The average Bonchev–Trinajstić information content (AvgIpc) is 2.74. The van der Waals surface area contributed by atoms with Gasteiger partial charge in [-0.05, 0) is 23.6 Å². The molecule has 0 saturated carbocycles. The first kappa shape index (κ1) is 20.0. The van der Waals surface area contributed by atoms with E-state index in [2.05, 4.69) is 4.90 Å². The number of piperazine rings is 1. The molecule has 1 aliphatic heterocycles. The van der Waals surface area contributed by atoms with Gasteiger partial charge in [0.1, 0.15) is 24.3 Å². The minimum atomic E-state index is -0.627. The molecule has 0 radical (unpaired) electrons. The van der Waals surface area contributed by atoms with Crippen LogP contribution in [0.25, 0.3) is 10.8 Å². The number of rotatable bonds is 6. The van der Waals surface area contributed by atoms with Gasteiger partial charge in [-0.3, -0.25) is 4.90 Å². The van der Waals surface area contributed by atoms with Crippen molar-refractivity contribution < 1.29 is 14.2 Å². The van der Waals surface area contributed by atoms with Crippen molar-refractivity contribution >= 4 is 28.1 Å². The number of nitrogens with zero attached hydrogens (tertiary/aromatic N) is 2. The molecule has 0 aromatic heterocycles. The van der Waals surface area contributed by atoms with Crippen molar-refractivity contribution in [2.45, 2.75) is 6.10 Å². The smallest absolute Gasteiger partial charge is 0.146 e. The number of hydrogen-bond acceptors (Lipinski definition) is 4. The van der Waals surface area contributed by atoms with E-state index in [0.29, 0.717) is 23.0 Å². The van der Waals surface area contributed by atoms with Crippen LogP contribution >= 0.6 is 11.6 Å². The van der Waals surface area contributed by atoms with E-state index >= 15 is 0 Å². The van der Waals surface area contributed by atoms with Crippen molar-refractivity contribution in [3.8, 4) is 5.75 Å². The Morgan fingerprint density at radius 2 is 1.69 bits per heavy atom. The SMILES string of the molecule is O[C@@H](COc1ccc2ccccc2c1Cl)CN1CCN(c2ccccc2F)CC1. The van der Waals surface area contributed by atoms with Crippen LogP contribution in [-0.2, 0) is 0 Å². The number of aliphatic hydroxyl groups excluding tert-OH is 1. The van der Waals surface area contributed by atoms with E-state index in [4.69, 9.17) is 16.3 Å². The second-order valence-electron chi connectivity index (χ2n) is 7.30. The highest BCUT2D eigenvalue weighted by molar-refractivity contribution is 6.37. The summed E-state index contributed by atoms with van der Waals surface area (Å²) >= 11 is 6.45. The maximum Gasteiger partial charge on any atom is 0.146 e. The molecule has 1 aliphatic rings. The summed E-state index contributed by atoms with van der Waals surface area (Å²) in [5, 5.41) is 13.0. The zero-order chi connectivity index (χ0) is 20.2. The second-order valence-corrected chi connectivity index (χ2v) is 7.68. The standard InChI is InChI=1S/C23H24ClFN2O2/c24-23-19-6-2-1-5-17(19)9-10-22(23)29-16-18(28)15-26-11-13-27(14-12-26)21-8-4-3-7-20(21)25/h1-10,18,28H,11-16H2/t18-/m1/s1. The van der Waals surface area contributed by atoms with Crippen LogP contribution in [0.15, 0.2) is 60.7 Å². The summed E-state index contributed by atoms with van der Waals surface area (Å²) in [5.41, 5.74) is 0.641. The topological polar surface area (TPSA) is 35.9 Å². The van der Waals surface area contributed by atoms with Gasteiger partial charge in [-0.25, -0.2) is 4.39 Å². The number of hydrogen-bond donors (Lipinski definition) is 1. The third-order valence-electron chi connectivity index (χ3n) is 5.29. The molecule has 1 heterocycles. The van der Waals surface area contributed by atoms with Gasteiger partial charge in [-0.1, -0.05) is 54.1 Å². The Balaban J connectivity index is 1.28. The lowest BCUT2D eigenvalue weighted by atomic mass is 10.1. The maximum atomic E-state index is 14.0. The lowest BCUT2D eigenvalue weighted by Crippen LogP contribution is -2.49. The summed E-state index contributed by atoms with van der Waals surface area (Å²) in [6.07, 6.45) is -0.627. The number of anilines is 1. The lowest BCUT2D eigenvalue weighted by Gasteiger charge is -2.36. The van der Waals surface area contributed by atoms with Gasteiger partial charge in [0.2, 0.25) is 0 Å². The van der Waals surface area contributed by atoms with Crippen LogP contribution in [0.2, 0.25) is 5.02 Å². The van der Waals surface area contributed by atoms with Gasteiger partial charge < -0.3 is 14.7 Å². The lowest BCUT2D eigenvalue weighted by molar-refractivity contribution is 0.0663. The van der Waals surface area contributed by atoms with Crippen LogP contribution < -0.4 is 9.64 Å². The van der Waals surface area contributed by atoms with Gasteiger partial charge in [-0.15, -0.1) is 0 Å². The van der Waals surface area contributed by atoms with E-state index in [1.165, 1.54) is 6.07 Å². The third kappa shape index (κ3) is 4.64. The first-order valence-electron chi connectivity index (χ1n) is 9.82. The van der Waals surface area contributed by atoms with E-state index in [-0.39, 0.29) is 12.4 Å². The van der Waals surface area contributed by atoms with Crippen molar-refractivity contribution in [3.63, 3.8) is 0 Å². The van der Waals surface area contributed by atoms with Gasteiger partial charge in [0, 0.05) is 38.1 Å². The van der Waals surface area contributed by atoms with E-state index < -0.39 is 6.10 Å². The molecule has 152 valence electrons. The summed E-state index contributed by atoms with van der Waals surface area (Å²) in [7, 11) is 0. The molecule has 3 aromatic carbocycles. The number of ether oxygens (including phenoxy) is 1. The highest BCUT2D eigenvalue weighted by Gasteiger charge is 2.21. The number of aliphatic hydroxyl groups is 1. The summed E-state index contributed by atoms with van der Waals surface area (Å²) in [4.78, 5) is 4.22. The molecule has 0 spiro atoms. The predicted molar refractivity (Wildman–Crippen MR) is 116 cm³/mol. The normalized spacial score (nSPS) is 16.2. The fraction of sp³-hybridized carbons (Fsp3) is 0.304. The van der Waals surface area contributed by atoms with Gasteiger partial charge in [0.05, 0.1) is 10.7 Å². The van der Waals surface area contributed by atoms with E-state index in [1.54, 1.807) is 12.1 Å². The fourth-order valence-electron chi connectivity index (χ4n) is 3.74. The number of benzene rings is 3. The average molecular weight is 415 g/mol. The first-order chi connectivity index (χ1) is 14.1. The van der Waals surface area contributed by atoms with Crippen LogP contribution in [0.3, 0.4) is 0 Å². The molecule has 6 heteroatoms. The number of β-amino-alcohol motifs (C(OH)–C–C–N with tert-alkyl or cyclic N) is 1. The van der Waals surface area contributed by atoms with Crippen molar-refractivity contribution in [3.05, 3.63) is 71.5 Å². The number of fused-ring (bicyclic) bond motifs is 1. The van der Waals surface area contributed by atoms with Crippen LogP contribution in [0.4, 0.5) is 10.1 Å². The fourth-order valence-corrected chi connectivity index (χ4v) is 4.03. The monoisotopic (exact) mass is 414 g/mol. The molecular formula is C23H24ClFN2O2. The van der Waals surface area contributed by atoms with Gasteiger partial charge in [0.25, 0.3) is 0 Å². The zero-order valence-electron chi connectivity index (χ0n) is 16.1. The minimum absolute atomic E-state index is 0.172. The quantitative estimate of drug-likeness (QED) is 0.656. The zero-order valence-corrected chi connectivity index (χ0v) is 16.9. The Labute approximate surface area is 175 Å². The van der Waals surface area contributed by atoms with Crippen molar-refractivity contribution in [1.82, 2.24) is 4.90 Å². The van der Waals surface area contributed by atoms with E-state index in [9.17, 15) is 9.50 Å². The van der Waals surface area contributed by atoms with Crippen LogP contribution in [0, 0.1) is 5.82 Å². The Kier molecular flexibility index (Phi) is 6.19. The molecule has 1 saturated heterocycles. The van der Waals surface area contributed by atoms with Crippen LogP contribution in [0.1, 0.15) is 0 Å². The highest BCUT2D eigenvalue weighted by atomic mass is 35.5. The minimum Gasteiger partial charge on any atom is -0.489 e. The molecule has 29 heavy (non-hydrogen) atoms. The van der Waals surface area contributed by atoms with Gasteiger partial charge in [0.15, 0.2) is 0 Å². The Bertz CT molecular complexity index is 976. The molecule has 1 atom stereocenters. The molecule has 1 fully saturated rings. The predicted octanol–water partition coefficient (Wildman–Crippen LogP) is 4.19. The molecule has 0 unspecified atom stereocenters.